The minimum atomic E-state index is 0.264. The minimum Gasteiger partial charge on any atom is -0.300 e. The SMILES string of the molecule is C/C=C(/CCCC(=O)CC(C)CCCC)C(=O)C1CCCC2CCCCC21. The molecule has 2 nitrogen and oxygen atoms in total. The average Bonchev–Trinajstić information content (AvgIpc) is 2.68. The van der Waals surface area contributed by atoms with Crippen LogP contribution in [-0.4, -0.2) is 11.6 Å². The third-order valence-corrected chi connectivity index (χ3v) is 7.10. The van der Waals surface area contributed by atoms with Crippen molar-refractivity contribution in [3.05, 3.63) is 11.6 Å². The summed E-state index contributed by atoms with van der Waals surface area (Å²) in [7, 11) is 0. The van der Waals surface area contributed by atoms with Crippen LogP contribution in [0.5, 0.6) is 0 Å². The van der Waals surface area contributed by atoms with Crippen molar-refractivity contribution in [1.29, 1.82) is 0 Å². The number of rotatable bonds is 11. The Morgan fingerprint density at radius 1 is 1.00 bits per heavy atom. The Morgan fingerprint density at radius 2 is 1.74 bits per heavy atom. The molecule has 4 unspecified atom stereocenters. The van der Waals surface area contributed by atoms with E-state index in [-0.39, 0.29) is 5.92 Å². The topological polar surface area (TPSA) is 34.1 Å². The highest BCUT2D eigenvalue weighted by molar-refractivity contribution is 5.97. The summed E-state index contributed by atoms with van der Waals surface area (Å²) >= 11 is 0. The second-order valence-corrected chi connectivity index (χ2v) is 9.27. The first-order chi connectivity index (χ1) is 13.1. The molecule has 0 amide bonds. The second kappa shape index (κ2) is 11.8. The van der Waals surface area contributed by atoms with Gasteiger partial charge in [0.25, 0.3) is 0 Å². The van der Waals surface area contributed by atoms with Gasteiger partial charge < -0.3 is 0 Å². The van der Waals surface area contributed by atoms with Crippen molar-refractivity contribution < 1.29 is 9.59 Å². The van der Waals surface area contributed by atoms with E-state index in [1.807, 2.05) is 13.0 Å². The first-order valence-electron chi connectivity index (χ1n) is 11.8. The molecule has 0 aromatic heterocycles. The molecule has 2 aliphatic rings. The van der Waals surface area contributed by atoms with Crippen molar-refractivity contribution in [2.75, 3.05) is 0 Å². The van der Waals surface area contributed by atoms with Crippen LogP contribution in [0.4, 0.5) is 0 Å². The van der Waals surface area contributed by atoms with Crippen LogP contribution < -0.4 is 0 Å². The van der Waals surface area contributed by atoms with E-state index >= 15 is 0 Å². The molecule has 4 atom stereocenters. The van der Waals surface area contributed by atoms with Crippen LogP contribution >= 0.6 is 0 Å². The zero-order chi connectivity index (χ0) is 19.6. The number of carbonyl (C=O) groups excluding carboxylic acids is 2. The fourth-order valence-electron chi connectivity index (χ4n) is 5.53. The number of fused-ring (bicyclic) bond motifs is 1. The summed E-state index contributed by atoms with van der Waals surface area (Å²) in [6.07, 6.45) is 17.5. The van der Waals surface area contributed by atoms with Crippen molar-refractivity contribution in [2.24, 2.45) is 23.7 Å². The van der Waals surface area contributed by atoms with Crippen LogP contribution in [-0.2, 0) is 9.59 Å². The molecule has 0 N–H and O–H groups in total. The Hall–Kier alpha value is -0.920. The summed E-state index contributed by atoms with van der Waals surface area (Å²) in [5.74, 6) is 3.00. The predicted octanol–water partition coefficient (Wildman–Crippen LogP) is 7.06. The summed E-state index contributed by atoms with van der Waals surface area (Å²) < 4.78 is 0. The van der Waals surface area contributed by atoms with Crippen molar-refractivity contribution in [3.63, 3.8) is 0 Å². The van der Waals surface area contributed by atoms with Crippen molar-refractivity contribution in [1.82, 2.24) is 0 Å². The molecule has 2 saturated carbocycles. The molecule has 27 heavy (non-hydrogen) atoms. The van der Waals surface area contributed by atoms with Crippen LogP contribution in [0.25, 0.3) is 0 Å². The maximum Gasteiger partial charge on any atom is 0.161 e. The highest BCUT2D eigenvalue weighted by Gasteiger charge is 2.38. The van der Waals surface area contributed by atoms with Crippen molar-refractivity contribution >= 4 is 11.6 Å². The lowest BCUT2D eigenvalue weighted by Gasteiger charge is -2.41. The van der Waals surface area contributed by atoms with Crippen LogP contribution in [0.3, 0.4) is 0 Å². The third-order valence-electron chi connectivity index (χ3n) is 7.10. The highest BCUT2D eigenvalue weighted by atomic mass is 16.1. The first-order valence-corrected chi connectivity index (χ1v) is 11.8. The van der Waals surface area contributed by atoms with Gasteiger partial charge in [0.2, 0.25) is 0 Å². The van der Waals surface area contributed by atoms with Crippen LogP contribution in [0.1, 0.15) is 111 Å². The number of ketones is 2. The lowest BCUT2D eigenvalue weighted by Crippen LogP contribution is -2.36. The zero-order valence-electron chi connectivity index (χ0n) is 18.1. The normalized spacial score (nSPS) is 27.1. The Labute approximate surface area is 167 Å². The summed E-state index contributed by atoms with van der Waals surface area (Å²) in [5.41, 5.74) is 0.998. The predicted molar refractivity (Wildman–Crippen MR) is 114 cm³/mol. The molecule has 154 valence electrons. The van der Waals surface area contributed by atoms with E-state index in [4.69, 9.17) is 0 Å². The fraction of sp³-hybridized carbons (Fsp3) is 0.840. The summed E-state index contributed by atoms with van der Waals surface area (Å²) in [6.45, 7) is 6.40. The smallest absolute Gasteiger partial charge is 0.161 e. The summed E-state index contributed by atoms with van der Waals surface area (Å²) in [4.78, 5) is 25.4. The number of unbranched alkanes of at least 4 members (excludes halogenated alkanes) is 1. The molecule has 0 radical (unpaired) electrons. The van der Waals surface area contributed by atoms with Gasteiger partial charge in [0, 0.05) is 18.8 Å². The molecule has 2 heteroatoms. The lowest BCUT2D eigenvalue weighted by atomic mass is 9.63. The van der Waals surface area contributed by atoms with Crippen LogP contribution in [0.2, 0.25) is 0 Å². The van der Waals surface area contributed by atoms with Crippen LogP contribution in [0.15, 0.2) is 11.6 Å². The Balaban J connectivity index is 1.79. The molecule has 0 spiro atoms. The Morgan fingerprint density at radius 3 is 2.48 bits per heavy atom. The lowest BCUT2D eigenvalue weighted by molar-refractivity contribution is -0.124. The third kappa shape index (κ3) is 6.88. The molecule has 0 aromatic carbocycles. The number of allylic oxidation sites excluding steroid dienone is 2. The molecule has 0 aromatic rings. The van der Waals surface area contributed by atoms with E-state index in [2.05, 4.69) is 13.8 Å². The van der Waals surface area contributed by atoms with Gasteiger partial charge in [-0.05, 0) is 55.9 Å². The van der Waals surface area contributed by atoms with E-state index in [9.17, 15) is 9.59 Å². The van der Waals surface area contributed by atoms with Gasteiger partial charge in [-0.15, -0.1) is 0 Å². The standard InChI is InChI=1S/C25H42O2/c1-4-6-11-19(3)18-22(26)15-9-13-20(5-2)25(27)24-17-10-14-21-12-7-8-16-23(21)24/h5,19,21,23-24H,4,6-18H2,1-3H3/b20-5-. The van der Waals surface area contributed by atoms with Crippen molar-refractivity contribution in [3.8, 4) is 0 Å². The second-order valence-electron chi connectivity index (χ2n) is 9.27. The molecular weight excluding hydrogens is 332 g/mol. The first kappa shape index (κ1) is 22.4. The van der Waals surface area contributed by atoms with Crippen molar-refractivity contribution in [2.45, 2.75) is 111 Å². The maximum atomic E-state index is 13.2. The average molecular weight is 375 g/mol. The number of carbonyl (C=O) groups is 2. The van der Waals surface area contributed by atoms with Gasteiger partial charge in [-0.3, -0.25) is 9.59 Å². The highest BCUT2D eigenvalue weighted by Crippen LogP contribution is 2.45. The molecule has 0 saturated heterocycles. The molecule has 2 fully saturated rings. The van der Waals surface area contributed by atoms with E-state index in [0.717, 1.165) is 37.2 Å². The fourth-order valence-corrected chi connectivity index (χ4v) is 5.53. The molecule has 2 aliphatic carbocycles. The number of hydrogen-bond acceptors (Lipinski definition) is 2. The van der Waals surface area contributed by atoms with Gasteiger partial charge >= 0.3 is 0 Å². The van der Waals surface area contributed by atoms with E-state index in [0.29, 0.717) is 36.2 Å². The Kier molecular flexibility index (Phi) is 9.79. The molecule has 0 aliphatic heterocycles. The molecule has 0 heterocycles. The minimum absolute atomic E-state index is 0.264. The van der Waals surface area contributed by atoms with Crippen LogP contribution in [0, 0.1) is 23.7 Å². The maximum absolute atomic E-state index is 13.2. The monoisotopic (exact) mass is 374 g/mol. The zero-order valence-corrected chi connectivity index (χ0v) is 18.1. The Bertz CT molecular complexity index is 502. The number of Topliss-reactive ketones (excluding diaryl/α,β-unsaturated/α-hetero) is 2. The van der Waals surface area contributed by atoms with Gasteiger partial charge in [0.15, 0.2) is 5.78 Å². The van der Waals surface area contributed by atoms with Gasteiger partial charge in [-0.2, -0.15) is 0 Å². The number of hydrogen-bond donors (Lipinski definition) is 0. The summed E-state index contributed by atoms with van der Waals surface area (Å²) in [6, 6.07) is 0. The molecular formula is C25H42O2. The molecule has 0 bridgehead atoms. The van der Waals surface area contributed by atoms with Gasteiger partial charge in [-0.25, -0.2) is 0 Å². The van der Waals surface area contributed by atoms with Gasteiger partial charge in [0.1, 0.15) is 5.78 Å². The van der Waals surface area contributed by atoms with E-state index < -0.39 is 0 Å². The van der Waals surface area contributed by atoms with E-state index in [1.54, 1.807) is 0 Å². The van der Waals surface area contributed by atoms with Gasteiger partial charge in [-0.1, -0.05) is 71.3 Å². The van der Waals surface area contributed by atoms with E-state index in [1.165, 1.54) is 51.4 Å². The largest absolute Gasteiger partial charge is 0.300 e. The molecule has 2 rings (SSSR count). The summed E-state index contributed by atoms with van der Waals surface area (Å²) in [5, 5.41) is 0. The quantitative estimate of drug-likeness (QED) is 0.363. The van der Waals surface area contributed by atoms with Gasteiger partial charge in [0.05, 0.1) is 0 Å².